The molecule has 0 aromatic heterocycles. The monoisotopic (exact) mass is 460 g/mol. The third kappa shape index (κ3) is 7.43. The molecule has 3 amide bonds. The normalized spacial score (nSPS) is 11.1. The molecule has 8 heteroatoms. The van der Waals surface area contributed by atoms with Crippen LogP contribution < -0.4 is 15.5 Å². The van der Waals surface area contributed by atoms with Crippen molar-refractivity contribution < 1.29 is 14.3 Å². The Morgan fingerprint density at radius 1 is 1.09 bits per heavy atom. The fourth-order valence-corrected chi connectivity index (χ4v) is 3.35. The molecule has 0 aliphatic heterocycles. The van der Waals surface area contributed by atoms with Crippen molar-refractivity contribution in [1.82, 2.24) is 10.2 Å². The fraction of sp³-hybridized carbons (Fsp3) is 0.417. The fourth-order valence-electron chi connectivity index (χ4n) is 3.13. The van der Waals surface area contributed by atoms with Crippen LogP contribution in [0, 0.1) is 0 Å². The van der Waals surface area contributed by atoms with Crippen molar-refractivity contribution in [3.8, 4) is 0 Å². The lowest BCUT2D eigenvalue weighted by molar-refractivity contribution is 0.102. The number of nitrogens with zero attached hydrogens (tertiary/aromatic N) is 2. The molecule has 0 fully saturated rings. The summed E-state index contributed by atoms with van der Waals surface area (Å²) in [7, 11) is 5.49. The lowest BCUT2D eigenvalue weighted by Gasteiger charge is -2.30. The summed E-state index contributed by atoms with van der Waals surface area (Å²) < 4.78 is 5.20. The van der Waals surface area contributed by atoms with Gasteiger partial charge in [0.1, 0.15) is 0 Å². The molecule has 0 saturated heterocycles. The Bertz CT molecular complexity index is 941. The maximum absolute atomic E-state index is 12.9. The van der Waals surface area contributed by atoms with Crippen LogP contribution in [0.1, 0.15) is 36.7 Å². The largest absolute Gasteiger partial charge is 0.383 e. The summed E-state index contributed by atoms with van der Waals surface area (Å²) in [6.07, 6.45) is 0. The third-order valence-electron chi connectivity index (χ3n) is 4.63. The Hall–Kier alpha value is -2.77. The number of hydrogen-bond donors (Lipinski definition) is 2. The molecule has 0 unspecified atom stereocenters. The minimum absolute atomic E-state index is 0.176. The van der Waals surface area contributed by atoms with Gasteiger partial charge in [-0.25, -0.2) is 4.79 Å². The summed E-state index contributed by atoms with van der Waals surface area (Å²) in [6.45, 7) is 7.02. The average Bonchev–Trinajstić information content (AvgIpc) is 2.70. The van der Waals surface area contributed by atoms with Gasteiger partial charge in [-0.3, -0.25) is 4.79 Å². The lowest BCUT2D eigenvalue weighted by Crippen LogP contribution is -2.49. The van der Waals surface area contributed by atoms with E-state index in [-0.39, 0.29) is 17.5 Å². The summed E-state index contributed by atoms with van der Waals surface area (Å²) in [6, 6.07) is 12.4. The number of urea groups is 1. The van der Waals surface area contributed by atoms with Crippen LogP contribution in [-0.2, 0) is 11.3 Å². The number of carbonyl (C=O) groups excluding carboxylic acids is 2. The highest BCUT2D eigenvalue weighted by molar-refractivity contribution is 6.34. The third-order valence-corrected chi connectivity index (χ3v) is 4.96. The van der Waals surface area contributed by atoms with Gasteiger partial charge in [-0.2, -0.15) is 0 Å². The Balaban J connectivity index is 2.31. The Labute approximate surface area is 195 Å². The number of amides is 3. The molecule has 2 aromatic carbocycles. The molecule has 174 valence electrons. The van der Waals surface area contributed by atoms with Crippen LogP contribution in [-0.4, -0.2) is 56.7 Å². The summed E-state index contributed by atoms with van der Waals surface area (Å²) in [5, 5.41) is 6.30. The van der Waals surface area contributed by atoms with Crippen molar-refractivity contribution in [3.05, 3.63) is 58.6 Å². The van der Waals surface area contributed by atoms with E-state index in [0.717, 1.165) is 11.3 Å². The number of rotatable bonds is 8. The maximum Gasteiger partial charge on any atom is 0.318 e. The van der Waals surface area contributed by atoms with Crippen molar-refractivity contribution >= 4 is 34.9 Å². The van der Waals surface area contributed by atoms with E-state index in [1.165, 1.54) is 0 Å². The van der Waals surface area contributed by atoms with E-state index >= 15 is 0 Å². The van der Waals surface area contributed by atoms with E-state index in [1.807, 2.05) is 58.0 Å². The van der Waals surface area contributed by atoms with E-state index in [4.69, 9.17) is 16.3 Å². The molecular formula is C24H33ClN4O3. The topological polar surface area (TPSA) is 73.9 Å². The quantitative estimate of drug-likeness (QED) is 0.603. The minimum Gasteiger partial charge on any atom is -0.383 e. The molecule has 0 saturated carbocycles. The Morgan fingerprint density at radius 2 is 1.78 bits per heavy atom. The zero-order chi connectivity index (χ0) is 23.9. The number of hydrogen-bond acceptors (Lipinski definition) is 4. The van der Waals surface area contributed by atoms with Crippen LogP contribution in [0.15, 0.2) is 42.5 Å². The average molecular weight is 461 g/mol. The molecule has 0 bridgehead atoms. The SMILES string of the molecule is COCCN(Cc1cc(NC(=O)c2ccccc2Cl)ccc1N(C)C)C(=O)NC(C)(C)C. The highest BCUT2D eigenvalue weighted by Crippen LogP contribution is 2.26. The van der Waals surface area contributed by atoms with Crippen LogP contribution in [0.4, 0.5) is 16.2 Å². The van der Waals surface area contributed by atoms with Crippen LogP contribution in [0.3, 0.4) is 0 Å². The van der Waals surface area contributed by atoms with Crippen LogP contribution in [0.2, 0.25) is 5.02 Å². The van der Waals surface area contributed by atoms with Crippen molar-refractivity contribution in [2.45, 2.75) is 32.9 Å². The number of halogens is 1. The second-order valence-electron chi connectivity index (χ2n) is 8.77. The van der Waals surface area contributed by atoms with Gasteiger partial charge in [0.15, 0.2) is 0 Å². The maximum atomic E-state index is 12.9. The van der Waals surface area contributed by atoms with Gasteiger partial charge in [-0.1, -0.05) is 23.7 Å². The Morgan fingerprint density at radius 3 is 2.38 bits per heavy atom. The van der Waals surface area contributed by atoms with Gasteiger partial charge in [0, 0.05) is 51.2 Å². The molecule has 32 heavy (non-hydrogen) atoms. The van der Waals surface area contributed by atoms with Crippen molar-refractivity contribution in [1.29, 1.82) is 0 Å². The standard InChI is InChI=1S/C24H33ClN4O3/c1-24(2,3)27-23(31)29(13-14-32-6)16-17-15-18(11-12-21(17)28(4)5)26-22(30)19-9-7-8-10-20(19)25/h7-12,15H,13-14,16H2,1-6H3,(H,26,30)(H,27,31). The van der Waals surface area contributed by atoms with Gasteiger partial charge in [-0.15, -0.1) is 0 Å². The number of benzene rings is 2. The highest BCUT2D eigenvalue weighted by Gasteiger charge is 2.21. The van der Waals surface area contributed by atoms with Gasteiger partial charge in [0.2, 0.25) is 0 Å². The first-order valence-corrected chi connectivity index (χ1v) is 10.8. The molecular weight excluding hydrogens is 428 g/mol. The summed E-state index contributed by atoms with van der Waals surface area (Å²) in [4.78, 5) is 29.3. The number of ether oxygens (including phenoxy) is 1. The minimum atomic E-state index is -0.364. The van der Waals surface area contributed by atoms with E-state index < -0.39 is 0 Å². The number of methoxy groups -OCH3 is 1. The first-order valence-electron chi connectivity index (χ1n) is 10.4. The van der Waals surface area contributed by atoms with E-state index in [0.29, 0.717) is 36.0 Å². The lowest BCUT2D eigenvalue weighted by atomic mass is 10.1. The Kier molecular flexibility index (Phi) is 8.92. The van der Waals surface area contributed by atoms with Crippen molar-refractivity contribution in [3.63, 3.8) is 0 Å². The second kappa shape index (κ2) is 11.2. The number of anilines is 2. The number of nitrogens with one attached hydrogen (secondary N) is 2. The predicted octanol–water partition coefficient (Wildman–Crippen LogP) is 4.61. The van der Waals surface area contributed by atoms with Gasteiger partial charge in [-0.05, 0) is 56.7 Å². The van der Waals surface area contributed by atoms with Gasteiger partial charge in [0.25, 0.3) is 5.91 Å². The zero-order valence-corrected chi connectivity index (χ0v) is 20.4. The predicted molar refractivity (Wildman–Crippen MR) is 131 cm³/mol. The summed E-state index contributed by atoms with van der Waals surface area (Å²) >= 11 is 6.16. The molecule has 0 spiro atoms. The zero-order valence-electron chi connectivity index (χ0n) is 19.7. The highest BCUT2D eigenvalue weighted by atomic mass is 35.5. The van der Waals surface area contributed by atoms with Crippen LogP contribution >= 0.6 is 11.6 Å². The molecule has 0 aliphatic carbocycles. The van der Waals surface area contributed by atoms with Gasteiger partial charge < -0.3 is 25.2 Å². The second-order valence-corrected chi connectivity index (χ2v) is 9.17. The molecule has 0 heterocycles. The molecule has 2 N–H and O–H groups in total. The molecule has 2 aromatic rings. The van der Waals surface area contributed by atoms with Crippen molar-refractivity contribution in [2.24, 2.45) is 0 Å². The molecule has 0 atom stereocenters. The van der Waals surface area contributed by atoms with E-state index in [2.05, 4.69) is 10.6 Å². The first kappa shape index (κ1) is 25.5. The summed E-state index contributed by atoms with van der Waals surface area (Å²) in [5.74, 6) is -0.291. The molecule has 7 nitrogen and oxygen atoms in total. The van der Waals surface area contributed by atoms with E-state index in [1.54, 1.807) is 36.3 Å². The first-order chi connectivity index (χ1) is 15.0. The van der Waals surface area contributed by atoms with Crippen LogP contribution in [0.25, 0.3) is 0 Å². The van der Waals surface area contributed by atoms with Crippen LogP contribution in [0.5, 0.6) is 0 Å². The molecule has 0 aliphatic rings. The smallest absolute Gasteiger partial charge is 0.318 e. The summed E-state index contributed by atoms with van der Waals surface area (Å²) in [5.41, 5.74) is 2.51. The molecule has 0 radical (unpaired) electrons. The molecule has 2 rings (SSSR count). The number of carbonyl (C=O) groups is 2. The van der Waals surface area contributed by atoms with Gasteiger partial charge >= 0.3 is 6.03 Å². The van der Waals surface area contributed by atoms with Gasteiger partial charge in [0.05, 0.1) is 17.2 Å². The van der Waals surface area contributed by atoms with E-state index in [9.17, 15) is 9.59 Å². The van der Waals surface area contributed by atoms with Crippen molar-refractivity contribution in [2.75, 3.05) is 44.6 Å².